The lowest BCUT2D eigenvalue weighted by Crippen LogP contribution is -2.31. The maximum absolute atomic E-state index is 10.0. The van der Waals surface area contributed by atoms with E-state index in [1.807, 2.05) is 0 Å². The van der Waals surface area contributed by atoms with Crippen LogP contribution in [0.4, 0.5) is 0 Å². The van der Waals surface area contributed by atoms with Gasteiger partial charge in [0, 0.05) is 16.4 Å². The Labute approximate surface area is 189 Å². The Hall–Kier alpha value is -2.36. The number of hydrogen-bond donors (Lipinski definition) is 1. The predicted octanol–water partition coefficient (Wildman–Crippen LogP) is 6.30. The summed E-state index contributed by atoms with van der Waals surface area (Å²) in [5.74, 6) is 1.15. The van der Waals surface area contributed by atoms with Crippen molar-refractivity contribution in [3.05, 3.63) is 101 Å². The van der Waals surface area contributed by atoms with E-state index in [2.05, 4.69) is 99.6 Å². The van der Waals surface area contributed by atoms with Crippen LogP contribution < -0.4 is 4.43 Å². The number of hydrogen-bond acceptors (Lipinski definition) is 2. The summed E-state index contributed by atoms with van der Waals surface area (Å²) in [7, 11) is 0.301. The molecule has 3 aromatic carbocycles. The summed E-state index contributed by atoms with van der Waals surface area (Å²) in [5, 5.41) is 9.95. The average molecular weight is 429 g/mol. The molecule has 0 bridgehead atoms. The minimum atomic E-state index is -0.164. The second kappa shape index (κ2) is 9.02. The normalized spacial score (nSPS) is 18.6. The van der Waals surface area contributed by atoms with Crippen LogP contribution in [0.2, 0.25) is 5.04 Å². The standard InChI is InChI=1S/C28H32O2Si/c1-27(2,26(22-11-6-4-7-12-22)23-13-8-5-9-14-23)31-30-24-17-16-21-15-10-18-28(3,20-29)25(21)19-24/h4-9,11-14,16-17,19,26,29H,10,15,18,20H2,1-3H3. The maximum Gasteiger partial charge on any atom is 0.318 e. The third kappa shape index (κ3) is 4.63. The van der Waals surface area contributed by atoms with Gasteiger partial charge in [-0.3, -0.25) is 0 Å². The molecule has 0 saturated heterocycles. The molecule has 0 fully saturated rings. The molecule has 2 radical (unpaired) electrons. The molecule has 2 nitrogen and oxygen atoms in total. The van der Waals surface area contributed by atoms with Crippen LogP contribution >= 0.6 is 0 Å². The molecular weight excluding hydrogens is 396 g/mol. The molecule has 0 aliphatic heterocycles. The smallest absolute Gasteiger partial charge is 0.318 e. The van der Waals surface area contributed by atoms with Gasteiger partial charge >= 0.3 is 9.76 Å². The number of rotatable bonds is 7. The van der Waals surface area contributed by atoms with Crippen LogP contribution in [0, 0.1) is 0 Å². The highest BCUT2D eigenvalue weighted by Crippen LogP contribution is 2.46. The van der Waals surface area contributed by atoms with Crippen molar-refractivity contribution in [2.75, 3.05) is 6.61 Å². The number of fused-ring (bicyclic) bond motifs is 1. The van der Waals surface area contributed by atoms with Crippen molar-refractivity contribution in [1.29, 1.82) is 0 Å². The fraction of sp³-hybridized carbons (Fsp3) is 0.357. The summed E-state index contributed by atoms with van der Waals surface area (Å²) in [6, 6.07) is 27.9. The Balaban J connectivity index is 1.60. The second-order valence-electron chi connectivity index (χ2n) is 9.57. The van der Waals surface area contributed by atoms with Gasteiger partial charge in [-0.15, -0.1) is 0 Å². The van der Waals surface area contributed by atoms with Crippen LogP contribution in [0.15, 0.2) is 78.9 Å². The molecule has 0 saturated carbocycles. The fourth-order valence-electron chi connectivity index (χ4n) is 4.93. The van der Waals surface area contributed by atoms with Gasteiger partial charge in [0.05, 0.1) is 6.61 Å². The molecule has 1 atom stereocenters. The van der Waals surface area contributed by atoms with Crippen LogP contribution in [0.25, 0.3) is 0 Å². The van der Waals surface area contributed by atoms with E-state index < -0.39 is 0 Å². The summed E-state index contributed by atoms with van der Waals surface area (Å²) in [4.78, 5) is 0. The molecule has 0 spiro atoms. The molecular formula is C28H32O2Si. The summed E-state index contributed by atoms with van der Waals surface area (Å²) >= 11 is 0. The third-order valence-electron chi connectivity index (χ3n) is 6.67. The van der Waals surface area contributed by atoms with E-state index in [-0.39, 0.29) is 23.0 Å². The Bertz CT molecular complexity index is 961. The minimum Gasteiger partial charge on any atom is -0.540 e. The molecule has 4 rings (SSSR count). The molecule has 1 aliphatic rings. The highest BCUT2D eigenvalue weighted by Gasteiger charge is 2.36. The van der Waals surface area contributed by atoms with Gasteiger partial charge in [0.25, 0.3) is 0 Å². The van der Waals surface area contributed by atoms with Crippen LogP contribution in [0.3, 0.4) is 0 Å². The molecule has 3 aromatic rings. The van der Waals surface area contributed by atoms with Gasteiger partial charge in [-0.2, -0.15) is 0 Å². The first-order valence-electron chi connectivity index (χ1n) is 11.2. The number of benzene rings is 3. The molecule has 1 N–H and O–H groups in total. The molecule has 31 heavy (non-hydrogen) atoms. The summed E-state index contributed by atoms with van der Waals surface area (Å²) in [6.45, 7) is 6.95. The van der Waals surface area contributed by atoms with E-state index in [1.54, 1.807) is 0 Å². The van der Waals surface area contributed by atoms with Crippen molar-refractivity contribution >= 4 is 9.76 Å². The van der Waals surface area contributed by atoms with E-state index in [4.69, 9.17) is 4.43 Å². The molecule has 3 heteroatoms. The Kier molecular flexibility index (Phi) is 6.36. The lowest BCUT2D eigenvalue weighted by Gasteiger charge is -2.36. The summed E-state index contributed by atoms with van der Waals surface area (Å²) in [6.07, 6.45) is 3.25. The van der Waals surface area contributed by atoms with Crippen LogP contribution in [-0.4, -0.2) is 21.5 Å². The average Bonchev–Trinajstić information content (AvgIpc) is 2.79. The summed E-state index contributed by atoms with van der Waals surface area (Å²) in [5.41, 5.74) is 5.07. The first-order valence-corrected chi connectivity index (χ1v) is 12.1. The highest BCUT2D eigenvalue weighted by molar-refractivity contribution is 6.33. The van der Waals surface area contributed by atoms with Crippen molar-refractivity contribution in [1.82, 2.24) is 0 Å². The van der Waals surface area contributed by atoms with Gasteiger partial charge in [-0.1, -0.05) is 87.5 Å². The maximum atomic E-state index is 10.0. The van der Waals surface area contributed by atoms with Gasteiger partial charge in [-0.25, -0.2) is 0 Å². The molecule has 0 heterocycles. The molecule has 160 valence electrons. The lowest BCUT2D eigenvalue weighted by molar-refractivity contribution is 0.188. The third-order valence-corrected chi connectivity index (χ3v) is 7.83. The SMILES string of the molecule is CC1(CO)CCCc2ccc(O[Si]C(C)(C)C(c3ccccc3)c3ccccc3)cc21. The first-order chi connectivity index (χ1) is 14.9. The molecule has 1 unspecified atom stereocenters. The van der Waals surface area contributed by atoms with Crippen molar-refractivity contribution in [2.45, 2.75) is 56.4 Å². The quantitative estimate of drug-likeness (QED) is 0.447. The van der Waals surface area contributed by atoms with E-state index in [0.29, 0.717) is 9.76 Å². The first kappa shape index (κ1) is 21.9. The minimum absolute atomic E-state index is 0.0844. The second-order valence-corrected chi connectivity index (χ2v) is 11.3. The van der Waals surface area contributed by atoms with Gasteiger partial charge in [0.15, 0.2) is 0 Å². The van der Waals surface area contributed by atoms with Crippen molar-refractivity contribution in [3.63, 3.8) is 0 Å². The monoisotopic (exact) mass is 428 g/mol. The number of aliphatic hydroxyl groups is 1. The highest BCUT2D eigenvalue weighted by atomic mass is 28.2. The van der Waals surface area contributed by atoms with Gasteiger partial charge in [0.1, 0.15) is 5.75 Å². The van der Waals surface area contributed by atoms with Gasteiger partial charge in [-0.05, 0) is 53.6 Å². The van der Waals surface area contributed by atoms with Crippen LogP contribution in [0.1, 0.15) is 61.8 Å². The molecule has 0 aromatic heterocycles. The Morgan fingerprint density at radius 1 is 0.968 bits per heavy atom. The van der Waals surface area contributed by atoms with E-state index in [0.717, 1.165) is 25.0 Å². The zero-order valence-corrected chi connectivity index (χ0v) is 19.8. The zero-order chi connectivity index (χ0) is 21.9. The Morgan fingerprint density at radius 3 is 2.16 bits per heavy atom. The Morgan fingerprint density at radius 2 is 1.58 bits per heavy atom. The lowest BCUT2D eigenvalue weighted by atomic mass is 9.72. The van der Waals surface area contributed by atoms with Gasteiger partial charge < -0.3 is 9.53 Å². The van der Waals surface area contributed by atoms with Crippen LogP contribution in [-0.2, 0) is 11.8 Å². The fourth-order valence-corrected chi connectivity index (χ4v) is 5.89. The van der Waals surface area contributed by atoms with Crippen molar-refractivity contribution in [3.8, 4) is 5.75 Å². The zero-order valence-electron chi connectivity index (χ0n) is 18.8. The molecule has 1 aliphatic carbocycles. The number of aryl methyl sites for hydroxylation is 1. The largest absolute Gasteiger partial charge is 0.540 e. The predicted molar refractivity (Wildman–Crippen MR) is 129 cm³/mol. The topological polar surface area (TPSA) is 29.5 Å². The van der Waals surface area contributed by atoms with E-state index in [9.17, 15) is 5.11 Å². The molecule has 0 amide bonds. The van der Waals surface area contributed by atoms with E-state index in [1.165, 1.54) is 22.3 Å². The van der Waals surface area contributed by atoms with Crippen LogP contribution in [0.5, 0.6) is 5.75 Å². The van der Waals surface area contributed by atoms with Crippen molar-refractivity contribution in [2.24, 2.45) is 0 Å². The van der Waals surface area contributed by atoms with E-state index >= 15 is 0 Å². The van der Waals surface area contributed by atoms with Crippen molar-refractivity contribution < 1.29 is 9.53 Å². The number of aliphatic hydroxyl groups excluding tert-OH is 1. The summed E-state index contributed by atoms with van der Waals surface area (Å²) < 4.78 is 6.44. The van der Waals surface area contributed by atoms with Gasteiger partial charge in [0.2, 0.25) is 0 Å².